The lowest BCUT2D eigenvalue weighted by Crippen LogP contribution is -2.65. The molecule has 0 aromatic heterocycles. The first kappa shape index (κ1) is 19.4. The number of carbonyl (C=O) groups is 2. The number of alkyl halides is 2. The molecule has 5 heteroatoms. The zero-order valence-corrected chi connectivity index (χ0v) is 17.9. The standard InChI is InChI=1S/C22H28BrFO3/c1-4-19(26)27-18-8-7-15-16-6-5-13-11-14(25)9-10-21(13,3)22(16,23)17(24)12-20(15,18)2/h9-11,15-18H,4-8,12H2,1-3H3/t15-,16-,17-,18+,20-,21-,22-/m0/s1. The normalized spacial score (nSPS) is 48.3. The summed E-state index contributed by atoms with van der Waals surface area (Å²) in [6, 6.07) is 0. The van der Waals surface area contributed by atoms with Crippen LogP contribution in [-0.4, -0.2) is 28.4 Å². The van der Waals surface area contributed by atoms with Gasteiger partial charge in [-0.05, 0) is 56.1 Å². The van der Waals surface area contributed by atoms with E-state index in [0.29, 0.717) is 18.8 Å². The maximum absolute atomic E-state index is 16.0. The van der Waals surface area contributed by atoms with Gasteiger partial charge in [-0.15, -0.1) is 0 Å². The predicted octanol–water partition coefficient (Wildman–Crippen LogP) is 5.08. The van der Waals surface area contributed by atoms with E-state index in [1.54, 1.807) is 19.1 Å². The number of carbonyl (C=O) groups excluding carboxylic acids is 2. The third-order valence-electron chi connectivity index (χ3n) is 8.07. The minimum Gasteiger partial charge on any atom is -0.462 e. The van der Waals surface area contributed by atoms with Crippen LogP contribution in [0.4, 0.5) is 4.39 Å². The summed E-state index contributed by atoms with van der Waals surface area (Å²) in [4.78, 5) is 23.8. The minimum atomic E-state index is -1.07. The summed E-state index contributed by atoms with van der Waals surface area (Å²) in [6.45, 7) is 5.98. The zero-order chi connectivity index (χ0) is 19.6. The van der Waals surface area contributed by atoms with Crippen LogP contribution in [-0.2, 0) is 14.3 Å². The molecule has 3 fully saturated rings. The Morgan fingerprint density at radius 2 is 2.04 bits per heavy atom. The Morgan fingerprint density at radius 1 is 1.30 bits per heavy atom. The van der Waals surface area contributed by atoms with E-state index < -0.39 is 15.9 Å². The molecule has 4 aliphatic rings. The Kier molecular flexibility index (Phi) is 4.49. The van der Waals surface area contributed by atoms with Crippen molar-refractivity contribution in [1.82, 2.24) is 0 Å². The summed E-state index contributed by atoms with van der Waals surface area (Å²) in [7, 11) is 0. The van der Waals surface area contributed by atoms with E-state index in [4.69, 9.17) is 4.74 Å². The van der Waals surface area contributed by atoms with Gasteiger partial charge >= 0.3 is 5.97 Å². The van der Waals surface area contributed by atoms with Crippen LogP contribution in [0.5, 0.6) is 0 Å². The SMILES string of the molecule is CCC(=O)O[C@@H]1CC[C@H]2[C@@H]3CCC4=CC(=O)C=C[C@]4(C)[C@@]3(Br)[C@@H](F)C[C@]12C. The lowest BCUT2D eigenvalue weighted by atomic mass is 9.47. The minimum absolute atomic E-state index is 0.000453. The molecular formula is C22H28BrFO3. The van der Waals surface area contributed by atoms with Gasteiger partial charge in [0.05, 0.1) is 4.32 Å². The van der Waals surface area contributed by atoms with E-state index in [0.717, 1.165) is 31.3 Å². The van der Waals surface area contributed by atoms with E-state index in [-0.39, 0.29) is 29.2 Å². The van der Waals surface area contributed by atoms with Gasteiger partial charge in [-0.1, -0.05) is 48.4 Å². The first-order valence-corrected chi connectivity index (χ1v) is 10.9. The number of rotatable bonds is 2. The van der Waals surface area contributed by atoms with Crippen molar-refractivity contribution in [2.45, 2.75) is 75.9 Å². The van der Waals surface area contributed by atoms with Crippen LogP contribution in [0.3, 0.4) is 0 Å². The Balaban J connectivity index is 1.72. The molecule has 148 valence electrons. The average Bonchev–Trinajstić information content (AvgIpc) is 2.93. The van der Waals surface area contributed by atoms with Crippen molar-refractivity contribution < 1.29 is 18.7 Å². The van der Waals surface area contributed by atoms with Crippen molar-refractivity contribution in [2.75, 3.05) is 0 Å². The average molecular weight is 439 g/mol. The number of fused-ring (bicyclic) bond motifs is 5. The van der Waals surface area contributed by atoms with E-state index in [1.807, 2.05) is 6.08 Å². The summed E-state index contributed by atoms with van der Waals surface area (Å²) >= 11 is 3.91. The highest BCUT2D eigenvalue weighted by Crippen LogP contribution is 2.70. The zero-order valence-electron chi connectivity index (χ0n) is 16.3. The largest absolute Gasteiger partial charge is 0.462 e. The van der Waals surface area contributed by atoms with Crippen molar-refractivity contribution in [3.05, 3.63) is 23.8 Å². The molecule has 0 radical (unpaired) electrons. The third-order valence-corrected chi connectivity index (χ3v) is 9.98. The molecule has 7 atom stereocenters. The molecule has 0 heterocycles. The third kappa shape index (κ3) is 2.49. The summed E-state index contributed by atoms with van der Waals surface area (Å²) < 4.78 is 21.0. The molecule has 0 aliphatic heterocycles. The van der Waals surface area contributed by atoms with Gasteiger partial charge in [-0.3, -0.25) is 9.59 Å². The molecule has 0 aromatic carbocycles. The molecule has 0 N–H and O–H groups in total. The van der Waals surface area contributed by atoms with E-state index in [1.165, 1.54) is 0 Å². The molecular weight excluding hydrogens is 411 g/mol. The molecule has 0 saturated heterocycles. The van der Waals surface area contributed by atoms with Crippen LogP contribution in [0.25, 0.3) is 0 Å². The quantitative estimate of drug-likeness (QED) is 0.445. The van der Waals surface area contributed by atoms with Gasteiger partial charge < -0.3 is 4.74 Å². The molecule has 3 nitrogen and oxygen atoms in total. The number of hydrogen-bond donors (Lipinski definition) is 0. The van der Waals surface area contributed by atoms with Crippen LogP contribution in [0.1, 0.15) is 59.3 Å². The molecule has 4 aliphatic carbocycles. The number of ether oxygens (including phenoxy) is 1. The molecule has 3 saturated carbocycles. The fraction of sp³-hybridized carbons (Fsp3) is 0.727. The fourth-order valence-corrected chi connectivity index (χ4v) is 7.63. The lowest BCUT2D eigenvalue weighted by Gasteiger charge is -2.62. The van der Waals surface area contributed by atoms with Crippen LogP contribution in [0, 0.1) is 22.7 Å². The topological polar surface area (TPSA) is 43.4 Å². The summed E-state index contributed by atoms with van der Waals surface area (Å²) in [6.07, 6.45) is 8.15. The molecule has 4 rings (SSSR count). The molecule has 0 amide bonds. The monoisotopic (exact) mass is 438 g/mol. The number of ketones is 1. The Labute approximate surface area is 168 Å². The van der Waals surface area contributed by atoms with Crippen LogP contribution in [0.15, 0.2) is 23.8 Å². The Morgan fingerprint density at radius 3 is 2.74 bits per heavy atom. The number of esters is 1. The van der Waals surface area contributed by atoms with E-state index in [2.05, 4.69) is 29.8 Å². The van der Waals surface area contributed by atoms with Gasteiger partial charge in [0.15, 0.2) is 5.78 Å². The van der Waals surface area contributed by atoms with Crippen molar-refractivity contribution in [2.24, 2.45) is 22.7 Å². The molecule has 0 bridgehead atoms. The van der Waals surface area contributed by atoms with Crippen molar-refractivity contribution in [1.29, 1.82) is 0 Å². The Hall–Kier alpha value is -0.970. The number of allylic oxidation sites excluding steroid dienone is 4. The maximum atomic E-state index is 16.0. The maximum Gasteiger partial charge on any atom is 0.305 e. The number of hydrogen-bond acceptors (Lipinski definition) is 3. The second-order valence-electron chi connectivity index (χ2n) is 9.21. The van der Waals surface area contributed by atoms with Gasteiger partial charge in [0.2, 0.25) is 0 Å². The number of halogens is 2. The molecule has 0 aromatic rings. The molecule has 0 unspecified atom stereocenters. The van der Waals surface area contributed by atoms with Gasteiger partial charge in [0, 0.05) is 17.3 Å². The lowest BCUT2D eigenvalue weighted by molar-refractivity contribution is -0.160. The van der Waals surface area contributed by atoms with Crippen LogP contribution in [0.2, 0.25) is 0 Å². The summed E-state index contributed by atoms with van der Waals surface area (Å²) in [5.74, 6) is 0.266. The van der Waals surface area contributed by atoms with Gasteiger partial charge in [0.1, 0.15) is 12.3 Å². The molecule has 0 spiro atoms. The van der Waals surface area contributed by atoms with E-state index >= 15 is 4.39 Å². The van der Waals surface area contributed by atoms with Crippen LogP contribution < -0.4 is 0 Å². The van der Waals surface area contributed by atoms with Crippen molar-refractivity contribution >= 4 is 27.7 Å². The first-order chi connectivity index (χ1) is 12.7. The second-order valence-corrected chi connectivity index (χ2v) is 10.5. The fourth-order valence-electron chi connectivity index (χ4n) is 6.53. The highest BCUT2D eigenvalue weighted by atomic mass is 79.9. The van der Waals surface area contributed by atoms with Gasteiger partial charge in [0.25, 0.3) is 0 Å². The smallest absolute Gasteiger partial charge is 0.305 e. The van der Waals surface area contributed by atoms with Gasteiger partial charge in [-0.25, -0.2) is 4.39 Å². The van der Waals surface area contributed by atoms with Gasteiger partial charge in [-0.2, -0.15) is 0 Å². The highest BCUT2D eigenvalue weighted by Gasteiger charge is 2.69. The second kappa shape index (κ2) is 6.27. The summed E-state index contributed by atoms with van der Waals surface area (Å²) in [5.41, 5.74) is 0.224. The summed E-state index contributed by atoms with van der Waals surface area (Å²) in [5, 5.41) is 0. The van der Waals surface area contributed by atoms with E-state index in [9.17, 15) is 9.59 Å². The van der Waals surface area contributed by atoms with Crippen molar-refractivity contribution in [3.8, 4) is 0 Å². The highest BCUT2D eigenvalue weighted by molar-refractivity contribution is 9.10. The van der Waals surface area contributed by atoms with Crippen LogP contribution >= 0.6 is 15.9 Å². The molecule has 27 heavy (non-hydrogen) atoms. The Bertz CT molecular complexity index is 746. The first-order valence-electron chi connectivity index (χ1n) is 10.1. The van der Waals surface area contributed by atoms with Crippen molar-refractivity contribution in [3.63, 3.8) is 0 Å². The predicted molar refractivity (Wildman–Crippen MR) is 105 cm³/mol.